The minimum Gasteiger partial charge on any atom is -0.329 e. The number of fused-ring (bicyclic) bond motifs is 3. The van der Waals surface area contributed by atoms with Crippen LogP contribution in [-0.4, -0.2) is 34.1 Å². The lowest BCUT2D eigenvalue weighted by atomic mass is 10.3. The first-order valence-electron chi connectivity index (χ1n) is 8.52. The second kappa shape index (κ2) is 10.3. The van der Waals surface area contributed by atoms with Crippen molar-refractivity contribution in [3.8, 4) is 0 Å². The van der Waals surface area contributed by atoms with Crippen LogP contribution in [-0.2, 0) is 13.1 Å². The maximum Gasteiger partial charge on any atom is 0.304 e. The standard InChI is InChI=1S/C10H11N3.C6H4FNO2.C2H8N2/c1-2-4-9-8(3-1)12-10-7-11-5-6-13(9)10;7-5-3-1-2-4-6(5)8(9)10;3-1-2-4/h1-4,11H,5-7H2;1-4H;1-4H2. The van der Waals surface area contributed by atoms with Crippen LogP contribution in [0, 0.1) is 15.9 Å². The topological polar surface area (TPSA) is 125 Å². The Bertz CT molecular complexity index is 881. The number of nitrogens with one attached hydrogen (secondary N) is 1. The van der Waals surface area contributed by atoms with Crippen molar-refractivity contribution in [1.29, 1.82) is 0 Å². The van der Waals surface area contributed by atoms with Crippen LogP contribution in [0.15, 0.2) is 48.5 Å². The van der Waals surface area contributed by atoms with Gasteiger partial charge < -0.3 is 21.4 Å². The summed E-state index contributed by atoms with van der Waals surface area (Å²) in [6, 6.07) is 13.3. The molecule has 27 heavy (non-hydrogen) atoms. The average molecular weight is 374 g/mol. The number of para-hydroxylation sites is 3. The smallest absolute Gasteiger partial charge is 0.304 e. The van der Waals surface area contributed by atoms with Crippen molar-refractivity contribution < 1.29 is 9.31 Å². The van der Waals surface area contributed by atoms with E-state index in [1.54, 1.807) is 0 Å². The molecule has 0 bridgehead atoms. The second-order valence-corrected chi connectivity index (χ2v) is 5.63. The van der Waals surface area contributed by atoms with Crippen molar-refractivity contribution >= 4 is 16.7 Å². The first-order chi connectivity index (χ1) is 13.1. The van der Waals surface area contributed by atoms with E-state index in [-0.39, 0.29) is 0 Å². The molecular weight excluding hydrogens is 351 g/mol. The Labute approximate surface area is 156 Å². The van der Waals surface area contributed by atoms with Crippen LogP contribution in [0.1, 0.15) is 5.82 Å². The molecule has 9 heteroatoms. The van der Waals surface area contributed by atoms with Gasteiger partial charge in [-0.15, -0.1) is 0 Å². The lowest BCUT2D eigenvalue weighted by molar-refractivity contribution is -0.387. The molecule has 8 nitrogen and oxygen atoms in total. The number of hydrogen-bond acceptors (Lipinski definition) is 6. The summed E-state index contributed by atoms with van der Waals surface area (Å²) in [6.45, 7) is 4.18. The van der Waals surface area contributed by atoms with E-state index in [0.29, 0.717) is 13.1 Å². The molecule has 5 N–H and O–H groups in total. The van der Waals surface area contributed by atoms with Gasteiger partial charge >= 0.3 is 5.69 Å². The van der Waals surface area contributed by atoms with Gasteiger partial charge in [0.15, 0.2) is 0 Å². The van der Waals surface area contributed by atoms with Gasteiger partial charge in [-0.2, -0.15) is 4.39 Å². The summed E-state index contributed by atoms with van der Waals surface area (Å²) in [5.41, 5.74) is 11.7. The minimum atomic E-state index is -0.799. The minimum absolute atomic E-state index is 0.484. The molecule has 0 spiro atoms. The summed E-state index contributed by atoms with van der Waals surface area (Å²) in [6.07, 6.45) is 0. The predicted octanol–water partition coefficient (Wildman–Crippen LogP) is 1.78. The highest BCUT2D eigenvalue weighted by Crippen LogP contribution is 2.17. The van der Waals surface area contributed by atoms with Crippen molar-refractivity contribution in [3.05, 3.63) is 70.3 Å². The van der Waals surface area contributed by atoms with E-state index in [0.717, 1.165) is 43.1 Å². The van der Waals surface area contributed by atoms with Gasteiger partial charge in [0.05, 0.1) is 22.5 Å². The molecule has 3 aromatic rings. The summed E-state index contributed by atoms with van der Waals surface area (Å²) >= 11 is 0. The number of aromatic nitrogens is 2. The van der Waals surface area contributed by atoms with E-state index in [1.165, 1.54) is 17.6 Å². The molecule has 4 rings (SSSR count). The number of nitrogens with two attached hydrogens (primary N) is 2. The Morgan fingerprint density at radius 3 is 2.44 bits per heavy atom. The third kappa shape index (κ3) is 5.55. The fourth-order valence-electron chi connectivity index (χ4n) is 2.50. The SMILES string of the molecule is NCCN.O=[N+]([O-])c1ccccc1F.c1ccc2c(c1)nc1n2CCNC1. The lowest BCUT2D eigenvalue weighted by Crippen LogP contribution is -2.28. The van der Waals surface area contributed by atoms with Crippen LogP contribution in [0.2, 0.25) is 0 Å². The molecule has 0 unspecified atom stereocenters. The predicted molar refractivity (Wildman–Crippen MR) is 103 cm³/mol. The number of halogens is 1. The van der Waals surface area contributed by atoms with Gasteiger partial charge in [0.1, 0.15) is 5.82 Å². The molecule has 1 aliphatic rings. The molecule has 0 atom stereocenters. The van der Waals surface area contributed by atoms with Gasteiger partial charge in [0.2, 0.25) is 5.82 Å². The molecule has 0 saturated carbocycles. The van der Waals surface area contributed by atoms with Crippen molar-refractivity contribution in [3.63, 3.8) is 0 Å². The Morgan fingerprint density at radius 1 is 1.15 bits per heavy atom. The van der Waals surface area contributed by atoms with E-state index in [1.807, 2.05) is 6.07 Å². The van der Waals surface area contributed by atoms with Crippen LogP contribution >= 0.6 is 0 Å². The molecule has 144 valence electrons. The molecule has 1 aliphatic heterocycles. The number of imidazole rings is 1. The quantitative estimate of drug-likeness (QED) is 0.464. The van der Waals surface area contributed by atoms with E-state index in [4.69, 9.17) is 11.5 Å². The van der Waals surface area contributed by atoms with Crippen LogP contribution in [0.4, 0.5) is 10.1 Å². The van der Waals surface area contributed by atoms with Crippen molar-refractivity contribution in [2.75, 3.05) is 19.6 Å². The van der Waals surface area contributed by atoms with Crippen LogP contribution in [0.3, 0.4) is 0 Å². The Balaban J connectivity index is 0.000000167. The maximum atomic E-state index is 12.4. The number of hydrogen-bond donors (Lipinski definition) is 3. The molecule has 0 saturated heterocycles. The summed E-state index contributed by atoms with van der Waals surface area (Å²) < 4.78 is 14.7. The Morgan fingerprint density at radius 2 is 1.81 bits per heavy atom. The fourth-order valence-corrected chi connectivity index (χ4v) is 2.50. The number of nitrogens with zero attached hydrogens (tertiary/aromatic N) is 3. The molecule has 0 fully saturated rings. The largest absolute Gasteiger partial charge is 0.329 e. The van der Waals surface area contributed by atoms with Crippen LogP contribution in [0.5, 0.6) is 0 Å². The van der Waals surface area contributed by atoms with Crippen LogP contribution in [0.25, 0.3) is 11.0 Å². The zero-order valence-corrected chi connectivity index (χ0v) is 14.8. The number of nitro benzene ring substituents is 1. The third-order valence-electron chi connectivity index (χ3n) is 3.74. The fraction of sp³-hybridized carbons (Fsp3) is 0.278. The first kappa shape index (κ1) is 20.4. The monoisotopic (exact) mass is 374 g/mol. The van der Waals surface area contributed by atoms with Gasteiger partial charge in [0.25, 0.3) is 0 Å². The molecular formula is C18H23FN6O2. The highest BCUT2D eigenvalue weighted by molar-refractivity contribution is 5.75. The highest BCUT2D eigenvalue weighted by atomic mass is 19.1. The highest BCUT2D eigenvalue weighted by Gasteiger charge is 2.12. The van der Waals surface area contributed by atoms with Crippen molar-refractivity contribution in [1.82, 2.24) is 14.9 Å². The molecule has 2 heterocycles. The van der Waals surface area contributed by atoms with Crippen LogP contribution < -0.4 is 16.8 Å². The third-order valence-corrected chi connectivity index (χ3v) is 3.74. The van der Waals surface area contributed by atoms with E-state index >= 15 is 0 Å². The molecule has 0 aliphatic carbocycles. The number of rotatable bonds is 2. The molecule has 1 aromatic heterocycles. The van der Waals surface area contributed by atoms with Gasteiger partial charge in [-0.1, -0.05) is 24.3 Å². The van der Waals surface area contributed by atoms with Crippen molar-refractivity contribution in [2.24, 2.45) is 11.5 Å². The Kier molecular flexibility index (Phi) is 7.80. The van der Waals surface area contributed by atoms with Gasteiger partial charge in [-0.25, -0.2) is 4.98 Å². The summed E-state index contributed by atoms with van der Waals surface area (Å²) in [5, 5.41) is 13.3. The van der Waals surface area contributed by atoms with Gasteiger partial charge in [-0.05, 0) is 18.2 Å². The average Bonchev–Trinajstić information content (AvgIpc) is 3.07. The lowest BCUT2D eigenvalue weighted by Gasteiger charge is -2.15. The summed E-state index contributed by atoms with van der Waals surface area (Å²) in [4.78, 5) is 13.8. The van der Waals surface area contributed by atoms with E-state index in [9.17, 15) is 14.5 Å². The summed E-state index contributed by atoms with van der Waals surface area (Å²) in [7, 11) is 0. The molecule has 2 aromatic carbocycles. The zero-order valence-electron chi connectivity index (χ0n) is 14.8. The van der Waals surface area contributed by atoms with E-state index < -0.39 is 16.4 Å². The first-order valence-corrected chi connectivity index (χ1v) is 8.52. The summed E-state index contributed by atoms with van der Waals surface area (Å²) in [5.74, 6) is 0.361. The number of nitro groups is 1. The van der Waals surface area contributed by atoms with E-state index in [2.05, 4.69) is 33.1 Å². The normalized spacial score (nSPS) is 12.3. The van der Waals surface area contributed by atoms with Gasteiger partial charge in [0, 0.05) is 32.2 Å². The van der Waals surface area contributed by atoms with Gasteiger partial charge in [-0.3, -0.25) is 10.1 Å². The second-order valence-electron chi connectivity index (χ2n) is 5.63. The maximum absolute atomic E-state index is 12.4. The molecule has 0 radical (unpaired) electrons. The molecule has 0 amide bonds. The van der Waals surface area contributed by atoms with Crippen molar-refractivity contribution in [2.45, 2.75) is 13.1 Å². The Hall–Kier alpha value is -2.88. The zero-order chi connectivity index (χ0) is 19.6. The number of benzene rings is 2.